The standard InChI is InChI=1S/C36H33NO6/c38-31-25-33(26-13-15-29(16-14-26)40-22-8-7-19-37-20-23-39-24-21-37)41-34-30(31)17-18-32-35(34)43-36(42-32,27-9-3-1-4-10-27)28-11-5-2-6-12-28/h1-6,9-18,25H,7-8,19-24H2. The summed E-state index contributed by atoms with van der Waals surface area (Å²) in [5.41, 5.74) is 2.64. The van der Waals surface area contributed by atoms with Crippen molar-refractivity contribution in [1.82, 2.24) is 4.90 Å². The van der Waals surface area contributed by atoms with Gasteiger partial charge in [0.25, 0.3) is 0 Å². The fraction of sp³-hybridized carbons (Fsp3) is 0.250. The molecule has 4 aromatic carbocycles. The molecule has 1 aromatic heterocycles. The van der Waals surface area contributed by atoms with Gasteiger partial charge in [-0.3, -0.25) is 9.69 Å². The second kappa shape index (κ2) is 12.0. The van der Waals surface area contributed by atoms with Crippen molar-refractivity contribution in [2.45, 2.75) is 18.6 Å². The van der Waals surface area contributed by atoms with Crippen LogP contribution in [0.4, 0.5) is 0 Å². The fourth-order valence-electron chi connectivity index (χ4n) is 5.70. The maximum Gasteiger partial charge on any atom is 0.305 e. The van der Waals surface area contributed by atoms with Gasteiger partial charge in [-0.15, -0.1) is 0 Å². The summed E-state index contributed by atoms with van der Waals surface area (Å²) in [6.45, 7) is 5.40. The molecule has 3 heterocycles. The average Bonchev–Trinajstić information content (AvgIpc) is 3.48. The zero-order chi connectivity index (χ0) is 29.1. The molecule has 1 fully saturated rings. The van der Waals surface area contributed by atoms with E-state index in [1.165, 1.54) is 6.07 Å². The lowest BCUT2D eigenvalue weighted by Gasteiger charge is -2.28. The molecule has 1 saturated heterocycles. The van der Waals surface area contributed by atoms with E-state index in [-0.39, 0.29) is 5.43 Å². The molecule has 0 atom stereocenters. The van der Waals surface area contributed by atoms with Gasteiger partial charge in [-0.05, 0) is 55.8 Å². The fourth-order valence-corrected chi connectivity index (χ4v) is 5.70. The van der Waals surface area contributed by atoms with Gasteiger partial charge in [-0.2, -0.15) is 0 Å². The van der Waals surface area contributed by atoms with Crippen molar-refractivity contribution in [1.29, 1.82) is 0 Å². The quantitative estimate of drug-likeness (QED) is 0.183. The van der Waals surface area contributed by atoms with Crippen molar-refractivity contribution >= 4 is 11.0 Å². The molecule has 218 valence electrons. The van der Waals surface area contributed by atoms with Crippen molar-refractivity contribution in [3.05, 3.63) is 124 Å². The molecule has 0 unspecified atom stereocenters. The molecule has 7 rings (SSSR count). The van der Waals surface area contributed by atoms with Crippen LogP contribution in [-0.4, -0.2) is 44.4 Å². The summed E-state index contributed by atoms with van der Waals surface area (Å²) < 4.78 is 31.0. The Kier molecular flexibility index (Phi) is 7.58. The average molecular weight is 576 g/mol. The predicted octanol–water partition coefficient (Wildman–Crippen LogP) is 6.62. The first-order valence-electron chi connectivity index (χ1n) is 14.8. The first-order valence-corrected chi connectivity index (χ1v) is 14.8. The number of rotatable bonds is 9. The highest BCUT2D eigenvalue weighted by Crippen LogP contribution is 2.50. The van der Waals surface area contributed by atoms with E-state index in [0.717, 1.165) is 68.1 Å². The molecule has 0 bridgehead atoms. The molecule has 0 N–H and O–H groups in total. The Labute approximate surface area is 250 Å². The van der Waals surface area contributed by atoms with Crippen molar-refractivity contribution in [2.75, 3.05) is 39.5 Å². The summed E-state index contributed by atoms with van der Waals surface area (Å²) in [5, 5.41) is 0.431. The molecule has 43 heavy (non-hydrogen) atoms. The van der Waals surface area contributed by atoms with E-state index in [1.54, 1.807) is 12.1 Å². The number of benzene rings is 4. The van der Waals surface area contributed by atoms with Crippen molar-refractivity contribution < 1.29 is 23.4 Å². The second-order valence-electron chi connectivity index (χ2n) is 10.8. The lowest BCUT2D eigenvalue weighted by molar-refractivity contribution is -0.0456. The molecular formula is C36H33NO6. The molecule has 5 aromatic rings. The van der Waals surface area contributed by atoms with Crippen molar-refractivity contribution in [2.24, 2.45) is 0 Å². The van der Waals surface area contributed by atoms with Gasteiger partial charge in [0.15, 0.2) is 16.8 Å². The summed E-state index contributed by atoms with van der Waals surface area (Å²) >= 11 is 0. The van der Waals surface area contributed by atoms with Crippen LogP contribution in [0.2, 0.25) is 0 Å². The highest BCUT2D eigenvalue weighted by Gasteiger charge is 2.46. The number of fused-ring (bicyclic) bond motifs is 3. The molecule has 0 saturated carbocycles. The van der Waals surface area contributed by atoms with Crippen LogP contribution >= 0.6 is 0 Å². The molecule has 0 radical (unpaired) electrons. The third-order valence-corrected chi connectivity index (χ3v) is 8.00. The zero-order valence-electron chi connectivity index (χ0n) is 23.9. The van der Waals surface area contributed by atoms with Crippen molar-refractivity contribution in [3.8, 4) is 28.6 Å². The number of unbranched alkanes of at least 4 members (excludes halogenated alkanes) is 1. The van der Waals surface area contributed by atoms with E-state index in [4.69, 9.17) is 23.4 Å². The Balaban J connectivity index is 1.12. The predicted molar refractivity (Wildman–Crippen MR) is 165 cm³/mol. The topological polar surface area (TPSA) is 70.4 Å². The van der Waals surface area contributed by atoms with Crippen LogP contribution in [0.1, 0.15) is 24.0 Å². The number of ether oxygens (including phenoxy) is 4. The third kappa shape index (κ3) is 5.49. The van der Waals surface area contributed by atoms with Crippen LogP contribution in [-0.2, 0) is 10.5 Å². The maximum absolute atomic E-state index is 13.3. The van der Waals surface area contributed by atoms with E-state index in [0.29, 0.717) is 34.8 Å². The number of morpholine rings is 1. The second-order valence-corrected chi connectivity index (χ2v) is 10.8. The molecule has 0 spiro atoms. The normalized spacial score (nSPS) is 15.9. The Morgan fingerprint density at radius 2 is 1.47 bits per heavy atom. The van der Waals surface area contributed by atoms with Gasteiger partial charge in [0.05, 0.1) is 25.2 Å². The summed E-state index contributed by atoms with van der Waals surface area (Å²) in [6.07, 6.45) is 2.07. The molecule has 0 aliphatic carbocycles. The van der Waals surface area contributed by atoms with Crippen LogP contribution in [0.5, 0.6) is 17.2 Å². The third-order valence-electron chi connectivity index (χ3n) is 8.00. The Morgan fingerprint density at radius 1 is 0.767 bits per heavy atom. The van der Waals surface area contributed by atoms with E-state index in [9.17, 15) is 4.79 Å². The van der Waals surface area contributed by atoms with Crippen LogP contribution < -0.4 is 19.6 Å². The molecule has 7 nitrogen and oxygen atoms in total. The molecule has 2 aliphatic heterocycles. The van der Waals surface area contributed by atoms with Gasteiger partial charge in [-0.25, -0.2) is 0 Å². The van der Waals surface area contributed by atoms with Gasteiger partial charge < -0.3 is 23.4 Å². The van der Waals surface area contributed by atoms with E-state index < -0.39 is 5.79 Å². The van der Waals surface area contributed by atoms with Crippen LogP contribution in [0, 0.1) is 0 Å². The highest BCUT2D eigenvalue weighted by atomic mass is 16.7. The Bertz CT molecular complexity index is 1710. The SMILES string of the molecule is O=c1cc(-c2ccc(OCCCCN3CCOCC3)cc2)oc2c3c(ccc12)OC(c1ccccc1)(c1ccccc1)O3. The van der Waals surface area contributed by atoms with E-state index >= 15 is 0 Å². The summed E-state index contributed by atoms with van der Waals surface area (Å²) in [4.78, 5) is 15.7. The molecular weight excluding hydrogens is 542 g/mol. The number of hydrogen-bond donors (Lipinski definition) is 0. The van der Waals surface area contributed by atoms with E-state index in [2.05, 4.69) is 4.90 Å². The van der Waals surface area contributed by atoms with Crippen LogP contribution in [0.15, 0.2) is 112 Å². The van der Waals surface area contributed by atoms with Gasteiger partial charge in [0.2, 0.25) is 5.75 Å². The lowest BCUT2D eigenvalue weighted by Crippen LogP contribution is -2.36. The van der Waals surface area contributed by atoms with Gasteiger partial charge in [0.1, 0.15) is 11.5 Å². The molecule has 7 heteroatoms. The zero-order valence-corrected chi connectivity index (χ0v) is 23.9. The van der Waals surface area contributed by atoms with E-state index in [1.807, 2.05) is 84.9 Å². The minimum Gasteiger partial charge on any atom is -0.494 e. The summed E-state index contributed by atoms with van der Waals surface area (Å²) in [5.74, 6) is 0.934. The smallest absolute Gasteiger partial charge is 0.305 e. The Hall–Kier alpha value is -4.59. The number of nitrogens with zero attached hydrogens (tertiary/aromatic N) is 1. The van der Waals surface area contributed by atoms with Gasteiger partial charge >= 0.3 is 5.79 Å². The van der Waals surface area contributed by atoms with Gasteiger partial charge in [0, 0.05) is 35.8 Å². The minimum absolute atomic E-state index is 0.153. The summed E-state index contributed by atoms with van der Waals surface area (Å²) in [6, 6.07) is 32.2. The first kappa shape index (κ1) is 27.3. The minimum atomic E-state index is -1.21. The maximum atomic E-state index is 13.3. The first-order chi connectivity index (χ1) is 21.2. The van der Waals surface area contributed by atoms with Crippen LogP contribution in [0.25, 0.3) is 22.3 Å². The largest absolute Gasteiger partial charge is 0.494 e. The summed E-state index contributed by atoms with van der Waals surface area (Å²) in [7, 11) is 0. The Morgan fingerprint density at radius 3 is 2.16 bits per heavy atom. The number of hydrogen-bond acceptors (Lipinski definition) is 7. The monoisotopic (exact) mass is 575 g/mol. The highest BCUT2D eigenvalue weighted by molar-refractivity contribution is 5.87. The molecule has 0 amide bonds. The lowest BCUT2D eigenvalue weighted by atomic mass is 9.97. The van der Waals surface area contributed by atoms with Gasteiger partial charge in [-0.1, -0.05) is 60.7 Å². The van der Waals surface area contributed by atoms with Crippen LogP contribution in [0.3, 0.4) is 0 Å². The van der Waals surface area contributed by atoms with Crippen molar-refractivity contribution in [3.63, 3.8) is 0 Å². The molecule has 2 aliphatic rings.